The molecule has 1 heterocycles. The molecule has 2 unspecified atom stereocenters. The minimum Gasteiger partial charge on any atom is -0.497 e. The maximum Gasteiger partial charge on any atom is 0.307 e. The molecule has 1 saturated heterocycles. The summed E-state index contributed by atoms with van der Waals surface area (Å²) in [6.07, 6.45) is 0.360. The molecule has 1 aliphatic heterocycles. The molecule has 2 atom stereocenters. The van der Waals surface area contributed by atoms with Crippen LogP contribution in [0.3, 0.4) is 0 Å². The molecule has 23 heavy (non-hydrogen) atoms. The fraction of sp³-hybridized carbons (Fsp3) is 0.533. The van der Waals surface area contributed by atoms with E-state index in [4.69, 9.17) is 9.47 Å². The van der Waals surface area contributed by atoms with Gasteiger partial charge in [0.25, 0.3) is 0 Å². The van der Waals surface area contributed by atoms with Crippen molar-refractivity contribution in [2.45, 2.75) is 24.1 Å². The van der Waals surface area contributed by atoms with E-state index in [2.05, 4.69) is 9.46 Å². The third-order valence-electron chi connectivity index (χ3n) is 3.75. The summed E-state index contributed by atoms with van der Waals surface area (Å²) < 4.78 is 42.4. The van der Waals surface area contributed by atoms with Crippen LogP contribution in [-0.2, 0) is 24.3 Å². The Balaban J connectivity index is 2.20. The van der Waals surface area contributed by atoms with Crippen LogP contribution in [0, 0.1) is 0 Å². The van der Waals surface area contributed by atoms with Crippen molar-refractivity contribution < 1.29 is 27.4 Å². The topological polar surface area (TPSA) is 90.9 Å². The van der Waals surface area contributed by atoms with Crippen molar-refractivity contribution in [1.82, 2.24) is 4.72 Å². The number of esters is 1. The molecular formula is C15H21NO6S. The zero-order valence-corrected chi connectivity index (χ0v) is 14.0. The zero-order valence-electron chi connectivity index (χ0n) is 13.2. The van der Waals surface area contributed by atoms with Gasteiger partial charge in [-0.2, -0.15) is 0 Å². The van der Waals surface area contributed by atoms with E-state index in [-0.39, 0.29) is 13.0 Å². The van der Waals surface area contributed by atoms with E-state index >= 15 is 0 Å². The van der Waals surface area contributed by atoms with Crippen molar-refractivity contribution in [2.75, 3.05) is 27.4 Å². The van der Waals surface area contributed by atoms with Crippen LogP contribution < -0.4 is 9.46 Å². The van der Waals surface area contributed by atoms with E-state index in [1.807, 2.05) is 0 Å². The van der Waals surface area contributed by atoms with Gasteiger partial charge in [-0.1, -0.05) is 12.1 Å². The number of carbonyl (C=O) groups is 1. The maximum absolute atomic E-state index is 12.4. The number of hydrogen-bond donors (Lipinski definition) is 1. The highest BCUT2D eigenvalue weighted by molar-refractivity contribution is 7.90. The lowest BCUT2D eigenvalue weighted by molar-refractivity contribution is -0.141. The molecule has 2 rings (SSSR count). The van der Waals surface area contributed by atoms with Gasteiger partial charge in [-0.25, -0.2) is 13.1 Å². The molecule has 1 aliphatic rings. The molecule has 0 saturated carbocycles. The third kappa shape index (κ3) is 4.66. The quantitative estimate of drug-likeness (QED) is 0.743. The summed E-state index contributed by atoms with van der Waals surface area (Å²) in [6.45, 7) is 0.596. The van der Waals surface area contributed by atoms with Crippen LogP contribution in [0.25, 0.3) is 0 Å². The number of hydrogen-bond acceptors (Lipinski definition) is 6. The highest BCUT2D eigenvalue weighted by Crippen LogP contribution is 2.23. The number of ether oxygens (including phenoxy) is 3. The van der Waals surface area contributed by atoms with Gasteiger partial charge in [0.1, 0.15) is 11.0 Å². The number of sulfonamides is 1. The average molecular weight is 343 g/mol. The Bertz CT molecular complexity index is 622. The van der Waals surface area contributed by atoms with Gasteiger partial charge in [0, 0.05) is 6.61 Å². The number of carbonyl (C=O) groups excluding carboxylic acids is 1. The lowest BCUT2D eigenvalue weighted by Gasteiger charge is -2.20. The molecule has 1 aromatic rings. The molecule has 0 aromatic heterocycles. The molecule has 128 valence electrons. The molecule has 0 aliphatic carbocycles. The Morgan fingerprint density at radius 2 is 2.04 bits per heavy atom. The molecule has 1 N–H and O–H groups in total. The number of methoxy groups -OCH3 is 2. The van der Waals surface area contributed by atoms with Gasteiger partial charge in [-0.3, -0.25) is 4.79 Å². The minimum absolute atomic E-state index is 0.0877. The highest BCUT2D eigenvalue weighted by atomic mass is 32.2. The summed E-state index contributed by atoms with van der Waals surface area (Å²) in [5, 5.41) is -0.596. The van der Waals surface area contributed by atoms with Crippen molar-refractivity contribution in [1.29, 1.82) is 0 Å². The van der Waals surface area contributed by atoms with E-state index in [0.717, 1.165) is 0 Å². The summed E-state index contributed by atoms with van der Waals surface area (Å²) >= 11 is 0. The Labute approximate surface area is 136 Å². The van der Waals surface area contributed by atoms with Crippen molar-refractivity contribution in [3.8, 4) is 5.75 Å². The average Bonchev–Trinajstić information content (AvgIpc) is 3.09. The van der Waals surface area contributed by atoms with Crippen molar-refractivity contribution in [2.24, 2.45) is 0 Å². The summed E-state index contributed by atoms with van der Waals surface area (Å²) in [5.74, 6) is 0.161. The van der Waals surface area contributed by atoms with Crippen LogP contribution in [0.5, 0.6) is 5.75 Å². The smallest absolute Gasteiger partial charge is 0.307 e. The second kappa shape index (κ2) is 7.76. The third-order valence-corrected chi connectivity index (χ3v) is 5.61. The lowest BCUT2D eigenvalue weighted by Crippen LogP contribution is -2.38. The van der Waals surface area contributed by atoms with Gasteiger partial charge in [-0.15, -0.1) is 0 Å². The van der Waals surface area contributed by atoms with Crippen LogP contribution in [0.1, 0.15) is 24.4 Å². The Morgan fingerprint density at radius 3 is 2.57 bits per heavy atom. The molecule has 7 nitrogen and oxygen atoms in total. The fourth-order valence-electron chi connectivity index (χ4n) is 2.37. The molecule has 8 heteroatoms. The number of nitrogens with one attached hydrogen (secondary N) is 1. The van der Waals surface area contributed by atoms with E-state index in [9.17, 15) is 13.2 Å². The van der Waals surface area contributed by atoms with Crippen LogP contribution >= 0.6 is 0 Å². The maximum atomic E-state index is 12.4. The SMILES string of the molecule is COC(=O)CC(NS(=O)(=O)C1CCOC1)c1ccc(OC)cc1. The van der Waals surface area contributed by atoms with Gasteiger partial charge in [0.2, 0.25) is 10.0 Å². The predicted octanol–water partition coefficient (Wildman–Crippen LogP) is 1.01. The summed E-state index contributed by atoms with van der Waals surface area (Å²) in [5.41, 5.74) is 0.665. The van der Waals surface area contributed by atoms with Crippen LogP contribution in [-0.4, -0.2) is 47.1 Å². The van der Waals surface area contributed by atoms with E-state index < -0.39 is 27.3 Å². The van der Waals surface area contributed by atoms with Crippen LogP contribution in [0.15, 0.2) is 24.3 Å². The lowest BCUT2D eigenvalue weighted by atomic mass is 10.0. The van der Waals surface area contributed by atoms with Gasteiger partial charge in [-0.05, 0) is 24.1 Å². The molecule has 0 radical (unpaired) electrons. The Hall–Kier alpha value is -1.64. The molecular weight excluding hydrogens is 322 g/mol. The van der Waals surface area contributed by atoms with E-state index in [0.29, 0.717) is 24.3 Å². The van der Waals surface area contributed by atoms with E-state index in [1.165, 1.54) is 7.11 Å². The second-order valence-electron chi connectivity index (χ2n) is 5.25. The summed E-state index contributed by atoms with van der Waals surface area (Å²) in [4.78, 5) is 11.6. The first-order valence-electron chi connectivity index (χ1n) is 7.26. The minimum atomic E-state index is -3.59. The van der Waals surface area contributed by atoms with Gasteiger partial charge in [0.05, 0.1) is 33.3 Å². The summed E-state index contributed by atoms with van der Waals surface area (Å²) in [6, 6.07) is 6.18. The molecule has 0 amide bonds. The van der Waals surface area contributed by atoms with Gasteiger partial charge in [0.15, 0.2) is 0 Å². The fourth-order valence-corrected chi connectivity index (χ4v) is 3.86. The Morgan fingerprint density at radius 1 is 1.35 bits per heavy atom. The van der Waals surface area contributed by atoms with E-state index in [1.54, 1.807) is 31.4 Å². The van der Waals surface area contributed by atoms with Crippen molar-refractivity contribution in [3.63, 3.8) is 0 Å². The first kappa shape index (κ1) is 17.7. The second-order valence-corrected chi connectivity index (χ2v) is 7.25. The normalized spacial score (nSPS) is 19.3. The number of rotatable bonds is 7. The Kier molecular flexibility index (Phi) is 5.97. The first-order valence-corrected chi connectivity index (χ1v) is 8.80. The van der Waals surface area contributed by atoms with Crippen molar-refractivity contribution >= 4 is 16.0 Å². The highest BCUT2D eigenvalue weighted by Gasteiger charge is 2.32. The standard InChI is InChI=1S/C15H21NO6S/c1-20-12-5-3-11(4-6-12)14(9-15(17)21-2)16-23(18,19)13-7-8-22-10-13/h3-6,13-14,16H,7-10H2,1-2H3. The molecule has 0 bridgehead atoms. The monoisotopic (exact) mass is 343 g/mol. The molecule has 1 fully saturated rings. The van der Waals surface area contributed by atoms with Crippen LogP contribution in [0.4, 0.5) is 0 Å². The summed E-state index contributed by atoms with van der Waals surface area (Å²) in [7, 11) is -0.775. The predicted molar refractivity (Wildman–Crippen MR) is 83.6 cm³/mol. The van der Waals surface area contributed by atoms with Crippen molar-refractivity contribution in [3.05, 3.63) is 29.8 Å². The molecule has 0 spiro atoms. The van der Waals surface area contributed by atoms with Crippen LogP contribution in [0.2, 0.25) is 0 Å². The zero-order chi connectivity index (χ0) is 16.9. The largest absolute Gasteiger partial charge is 0.497 e. The first-order chi connectivity index (χ1) is 11.0. The molecule has 1 aromatic carbocycles. The number of benzene rings is 1. The van der Waals surface area contributed by atoms with Gasteiger partial charge < -0.3 is 14.2 Å². The van der Waals surface area contributed by atoms with Gasteiger partial charge >= 0.3 is 5.97 Å².